The van der Waals surface area contributed by atoms with Crippen LogP contribution in [0.5, 0.6) is 0 Å². The van der Waals surface area contributed by atoms with Crippen LogP contribution in [-0.2, 0) is 6.54 Å². The van der Waals surface area contributed by atoms with Crippen LogP contribution in [0.15, 0.2) is 37.8 Å². The molecule has 1 heterocycles. The highest BCUT2D eigenvalue weighted by atomic mass is 79.9. The SMILES string of the molecule is Cc1cc(C)cc(NCc2cc(Br)c(Br)o2)c1. The van der Waals surface area contributed by atoms with Crippen molar-refractivity contribution < 1.29 is 4.42 Å². The normalized spacial score (nSPS) is 10.6. The number of nitrogens with one attached hydrogen (secondary N) is 1. The third-order valence-corrected chi connectivity index (χ3v) is 4.09. The first-order valence-corrected chi connectivity index (χ1v) is 6.89. The highest BCUT2D eigenvalue weighted by molar-refractivity contribution is 9.13. The van der Waals surface area contributed by atoms with Crippen molar-refractivity contribution in [3.8, 4) is 0 Å². The van der Waals surface area contributed by atoms with Gasteiger partial charge in [-0.3, -0.25) is 0 Å². The van der Waals surface area contributed by atoms with E-state index >= 15 is 0 Å². The van der Waals surface area contributed by atoms with Crippen LogP contribution in [-0.4, -0.2) is 0 Å². The number of hydrogen-bond acceptors (Lipinski definition) is 2. The van der Waals surface area contributed by atoms with Gasteiger partial charge in [0.15, 0.2) is 4.67 Å². The third-order valence-electron chi connectivity index (χ3n) is 2.38. The van der Waals surface area contributed by atoms with Crippen molar-refractivity contribution >= 4 is 37.5 Å². The second-order valence-electron chi connectivity index (χ2n) is 4.06. The number of aryl methyl sites for hydroxylation is 2. The van der Waals surface area contributed by atoms with Crippen molar-refractivity contribution in [2.24, 2.45) is 0 Å². The van der Waals surface area contributed by atoms with Crippen molar-refractivity contribution in [3.63, 3.8) is 0 Å². The Kier molecular flexibility index (Phi) is 3.94. The quantitative estimate of drug-likeness (QED) is 0.831. The lowest BCUT2D eigenvalue weighted by atomic mass is 10.1. The summed E-state index contributed by atoms with van der Waals surface area (Å²) in [5.74, 6) is 0.892. The van der Waals surface area contributed by atoms with Crippen molar-refractivity contribution in [2.45, 2.75) is 20.4 Å². The molecule has 90 valence electrons. The van der Waals surface area contributed by atoms with Gasteiger partial charge in [0.2, 0.25) is 0 Å². The second kappa shape index (κ2) is 5.27. The monoisotopic (exact) mass is 357 g/mol. The molecule has 0 saturated heterocycles. The van der Waals surface area contributed by atoms with Gasteiger partial charge in [0.25, 0.3) is 0 Å². The minimum absolute atomic E-state index is 0.674. The molecule has 1 aromatic heterocycles. The Hall–Kier alpha value is -0.740. The molecule has 0 aliphatic carbocycles. The fraction of sp³-hybridized carbons (Fsp3) is 0.231. The van der Waals surface area contributed by atoms with E-state index in [9.17, 15) is 0 Å². The number of benzene rings is 1. The van der Waals surface area contributed by atoms with Crippen LogP contribution in [0.4, 0.5) is 5.69 Å². The Morgan fingerprint density at radius 3 is 2.24 bits per heavy atom. The van der Waals surface area contributed by atoms with Crippen molar-refractivity contribution in [2.75, 3.05) is 5.32 Å². The Balaban J connectivity index is 2.07. The van der Waals surface area contributed by atoms with Crippen LogP contribution in [0.25, 0.3) is 0 Å². The van der Waals surface area contributed by atoms with Gasteiger partial charge in [-0.1, -0.05) is 6.07 Å². The molecule has 0 bridgehead atoms. The van der Waals surface area contributed by atoms with E-state index < -0.39 is 0 Å². The topological polar surface area (TPSA) is 25.2 Å². The lowest BCUT2D eigenvalue weighted by Crippen LogP contribution is -1.98. The molecule has 0 aliphatic heterocycles. The molecule has 2 aromatic rings. The van der Waals surface area contributed by atoms with Crippen LogP contribution >= 0.6 is 31.9 Å². The fourth-order valence-electron chi connectivity index (χ4n) is 1.74. The Morgan fingerprint density at radius 1 is 1.06 bits per heavy atom. The molecule has 0 fully saturated rings. The molecular formula is C13H13Br2NO. The highest BCUT2D eigenvalue weighted by Gasteiger charge is 2.05. The average molecular weight is 359 g/mol. The van der Waals surface area contributed by atoms with E-state index in [1.165, 1.54) is 11.1 Å². The Bertz CT molecular complexity index is 494. The lowest BCUT2D eigenvalue weighted by molar-refractivity contribution is 0.494. The van der Waals surface area contributed by atoms with Crippen LogP contribution < -0.4 is 5.32 Å². The van der Waals surface area contributed by atoms with Gasteiger partial charge in [0.05, 0.1) is 11.0 Å². The summed E-state index contributed by atoms with van der Waals surface area (Å²) in [7, 11) is 0. The van der Waals surface area contributed by atoms with Crippen molar-refractivity contribution in [1.29, 1.82) is 0 Å². The number of halogens is 2. The molecule has 0 radical (unpaired) electrons. The predicted molar refractivity (Wildman–Crippen MR) is 77.4 cm³/mol. The van der Waals surface area contributed by atoms with E-state index in [0.29, 0.717) is 6.54 Å². The lowest BCUT2D eigenvalue weighted by Gasteiger charge is -2.06. The van der Waals surface area contributed by atoms with Gasteiger partial charge in [0, 0.05) is 5.69 Å². The summed E-state index contributed by atoms with van der Waals surface area (Å²) in [5, 5.41) is 3.35. The van der Waals surface area contributed by atoms with E-state index in [1.807, 2.05) is 6.07 Å². The summed E-state index contributed by atoms with van der Waals surface area (Å²) in [6.45, 7) is 4.86. The number of anilines is 1. The number of furan rings is 1. The maximum Gasteiger partial charge on any atom is 0.183 e. The summed E-state index contributed by atoms with van der Waals surface area (Å²) in [6, 6.07) is 8.37. The average Bonchev–Trinajstić information content (AvgIpc) is 2.54. The standard InChI is InChI=1S/C13H13Br2NO/c1-8-3-9(2)5-10(4-8)16-7-11-6-12(14)13(15)17-11/h3-6,16H,7H2,1-2H3. The first-order chi connectivity index (χ1) is 8.04. The summed E-state index contributed by atoms with van der Waals surface area (Å²) >= 11 is 6.72. The maximum absolute atomic E-state index is 5.50. The van der Waals surface area contributed by atoms with E-state index in [-0.39, 0.29) is 0 Å². The molecule has 0 amide bonds. The van der Waals surface area contributed by atoms with Crippen molar-refractivity contribution in [3.05, 3.63) is 50.3 Å². The first kappa shape index (κ1) is 12.7. The van der Waals surface area contributed by atoms with Gasteiger partial charge < -0.3 is 9.73 Å². The van der Waals surface area contributed by atoms with E-state index in [4.69, 9.17) is 4.42 Å². The minimum atomic E-state index is 0.674. The first-order valence-electron chi connectivity index (χ1n) is 5.30. The summed E-state index contributed by atoms with van der Waals surface area (Å²) in [6.07, 6.45) is 0. The van der Waals surface area contributed by atoms with Gasteiger partial charge >= 0.3 is 0 Å². The zero-order valence-electron chi connectivity index (χ0n) is 9.68. The van der Waals surface area contributed by atoms with Crippen LogP contribution in [0.2, 0.25) is 0 Å². The van der Waals surface area contributed by atoms with Gasteiger partial charge in [0.1, 0.15) is 5.76 Å². The fourth-order valence-corrected chi connectivity index (χ4v) is 2.40. The largest absolute Gasteiger partial charge is 0.451 e. The third kappa shape index (κ3) is 3.36. The molecule has 0 spiro atoms. The molecule has 2 rings (SSSR count). The van der Waals surface area contributed by atoms with Crippen LogP contribution in [0.3, 0.4) is 0 Å². The van der Waals surface area contributed by atoms with Crippen LogP contribution in [0, 0.1) is 13.8 Å². The molecule has 0 saturated carbocycles. The van der Waals surface area contributed by atoms with E-state index in [1.54, 1.807) is 0 Å². The molecule has 1 aromatic carbocycles. The second-order valence-corrected chi connectivity index (χ2v) is 5.64. The molecule has 0 aliphatic rings. The molecule has 4 heteroatoms. The van der Waals surface area contributed by atoms with E-state index in [2.05, 4.69) is 69.2 Å². The van der Waals surface area contributed by atoms with E-state index in [0.717, 1.165) is 20.6 Å². The predicted octanol–water partition coefficient (Wildman–Crippen LogP) is 5.03. The molecule has 0 atom stereocenters. The number of hydrogen-bond donors (Lipinski definition) is 1. The van der Waals surface area contributed by atoms with Crippen molar-refractivity contribution in [1.82, 2.24) is 0 Å². The maximum atomic E-state index is 5.50. The molecule has 1 N–H and O–H groups in total. The minimum Gasteiger partial charge on any atom is -0.451 e. The molecule has 0 unspecified atom stereocenters. The molecular weight excluding hydrogens is 346 g/mol. The zero-order chi connectivity index (χ0) is 12.4. The summed E-state index contributed by atoms with van der Waals surface area (Å²) in [4.78, 5) is 0. The van der Waals surface area contributed by atoms with Gasteiger partial charge in [-0.2, -0.15) is 0 Å². The number of rotatable bonds is 3. The summed E-state index contributed by atoms with van der Waals surface area (Å²) in [5.41, 5.74) is 3.63. The smallest absolute Gasteiger partial charge is 0.183 e. The molecule has 17 heavy (non-hydrogen) atoms. The zero-order valence-corrected chi connectivity index (χ0v) is 12.9. The van der Waals surface area contributed by atoms with Crippen LogP contribution in [0.1, 0.15) is 16.9 Å². The van der Waals surface area contributed by atoms with Gasteiger partial charge in [-0.25, -0.2) is 0 Å². The van der Waals surface area contributed by atoms with Gasteiger partial charge in [-0.05, 0) is 75.0 Å². The highest BCUT2D eigenvalue weighted by Crippen LogP contribution is 2.27. The Morgan fingerprint density at radius 2 is 1.71 bits per heavy atom. The summed E-state index contributed by atoms with van der Waals surface area (Å²) < 4.78 is 7.17. The van der Waals surface area contributed by atoms with Gasteiger partial charge in [-0.15, -0.1) is 0 Å². The Labute approximate surface area is 118 Å². The molecule has 2 nitrogen and oxygen atoms in total.